The number of benzene rings is 1. The first kappa shape index (κ1) is 15.2. The lowest BCUT2D eigenvalue weighted by molar-refractivity contribution is 0.305. The van der Waals surface area contributed by atoms with E-state index >= 15 is 0 Å². The minimum absolute atomic E-state index is 0.0112. The summed E-state index contributed by atoms with van der Waals surface area (Å²) in [5.41, 5.74) is 1.20. The Bertz CT molecular complexity index is 511. The van der Waals surface area contributed by atoms with Crippen LogP contribution in [-0.4, -0.2) is 30.2 Å². The molecule has 0 saturated carbocycles. The number of hydrogen-bond acceptors (Lipinski definition) is 3. The first-order valence-corrected chi connectivity index (χ1v) is 6.11. The van der Waals surface area contributed by atoms with E-state index in [1.54, 1.807) is 12.1 Å². The van der Waals surface area contributed by atoms with E-state index < -0.39 is 0 Å². The van der Waals surface area contributed by atoms with Gasteiger partial charge in [0.05, 0.1) is 12.7 Å². The zero-order valence-electron chi connectivity index (χ0n) is 11.0. The fraction of sp³-hybridized carbons (Fsp3) is 0.400. The van der Waals surface area contributed by atoms with Gasteiger partial charge in [-0.15, -0.1) is 0 Å². The number of halogens is 1. The second-order valence-corrected chi connectivity index (χ2v) is 4.23. The fourth-order valence-corrected chi connectivity index (χ4v) is 1.58. The van der Waals surface area contributed by atoms with Gasteiger partial charge in [0.15, 0.2) is 0 Å². The molecule has 0 unspecified atom stereocenters. The van der Waals surface area contributed by atoms with E-state index in [4.69, 9.17) is 10.4 Å². The molecular formula is C15H17FN2O. The molecule has 3 nitrogen and oxygen atoms in total. The number of rotatable bonds is 5. The molecule has 0 aliphatic rings. The average Bonchev–Trinajstić information content (AvgIpc) is 2.40. The summed E-state index contributed by atoms with van der Waals surface area (Å²) < 4.78 is 13.8. The van der Waals surface area contributed by atoms with Crippen molar-refractivity contribution >= 4 is 0 Å². The van der Waals surface area contributed by atoms with E-state index in [9.17, 15) is 4.39 Å². The second-order valence-electron chi connectivity index (χ2n) is 4.23. The van der Waals surface area contributed by atoms with Gasteiger partial charge in [-0.25, -0.2) is 4.39 Å². The van der Waals surface area contributed by atoms with Gasteiger partial charge in [0, 0.05) is 37.1 Å². The SMILES string of the molecule is CN(CCC#N)Cc1ccc(C#CCCO)cc1F. The molecule has 1 N–H and O–H groups in total. The Balaban J connectivity index is 2.68. The zero-order valence-corrected chi connectivity index (χ0v) is 11.0. The number of aliphatic hydroxyl groups excluding tert-OH is 1. The van der Waals surface area contributed by atoms with Gasteiger partial charge in [-0.3, -0.25) is 0 Å². The zero-order chi connectivity index (χ0) is 14.1. The van der Waals surface area contributed by atoms with Crippen molar-refractivity contribution in [3.8, 4) is 17.9 Å². The van der Waals surface area contributed by atoms with Crippen molar-refractivity contribution in [3.63, 3.8) is 0 Å². The molecule has 100 valence electrons. The normalized spacial score (nSPS) is 9.84. The van der Waals surface area contributed by atoms with Crippen LogP contribution in [0.15, 0.2) is 18.2 Å². The smallest absolute Gasteiger partial charge is 0.128 e. The number of aliphatic hydroxyl groups is 1. The van der Waals surface area contributed by atoms with E-state index in [0.29, 0.717) is 37.1 Å². The van der Waals surface area contributed by atoms with E-state index in [0.717, 1.165) is 0 Å². The van der Waals surface area contributed by atoms with E-state index in [-0.39, 0.29) is 12.4 Å². The maximum absolute atomic E-state index is 13.8. The Morgan fingerprint density at radius 2 is 2.16 bits per heavy atom. The minimum Gasteiger partial charge on any atom is -0.395 e. The van der Waals surface area contributed by atoms with Crippen LogP contribution >= 0.6 is 0 Å². The van der Waals surface area contributed by atoms with Gasteiger partial charge in [-0.2, -0.15) is 5.26 Å². The molecule has 1 aromatic carbocycles. The molecule has 1 aromatic rings. The lowest BCUT2D eigenvalue weighted by Crippen LogP contribution is -2.19. The molecule has 0 spiro atoms. The monoisotopic (exact) mass is 260 g/mol. The molecule has 0 aliphatic heterocycles. The third kappa shape index (κ3) is 5.52. The molecule has 0 saturated heterocycles. The molecule has 0 radical (unpaired) electrons. The Morgan fingerprint density at radius 3 is 2.79 bits per heavy atom. The first-order valence-electron chi connectivity index (χ1n) is 6.11. The summed E-state index contributed by atoms with van der Waals surface area (Å²) in [4.78, 5) is 1.90. The fourth-order valence-electron chi connectivity index (χ4n) is 1.58. The second kappa shape index (κ2) is 8.26. The van der Waals surface area contributed by atoms with Crippen molar-refractivity contribution in [1.29, 1.82) is 5.26 Å². The van der Waals surface area contributed by atoms with E-state index in [1.165, 1.54) is 6.07 Å². The topological polar surface area (TPSA) is 47.3 Å². The molecule has 1 rings (SSSR count). The Hall–Kier alpha value is -1.88. The predicted octanol–water partition coefficient (Wildman–Crippen LogP) is 1.91. The molecule has 0 atom stereocenters. The van der Waals surface area contributed by atoms with Crippen molar-refractivity contribution in [2.24, 2.45) is 0 Å². The maximum Gasteiger partial charge on any atom is 0.128 e. The largest absolute Gasteiger partial charge is 0.395 e. The van der Waals surface area contributed by atoms with Gasteiger partial charge >= 0.3 is 0 Å². The summed E-state index contributed by atoms with van der Waals surface area (Å²) in [5, 5.41) is 17.1. The summed E-state index contributed by atoms with van der Waals surface area (Å²) in [6.45, 7) is 1.10. The molecule has 0 aliphatic carbocycles. The molecule has 4 heteroatoms. The number of nitrogens with zero attached hydrogens (tertiary/aromatic N) is 2. The van der Waals surface area contributed by atoms with Gasteiger partial charge in [-0.05, 0) is 19.2 Å². The standard InChI is InChI=1S/C15H17FN2O/c1-18(9-4-8-17)12-14-7-6-13(11-15(14)16)5-2-3-10-19/h6-7,11,19H,3-4,9-10,12H2,1H3. The van der Waals surface area contributed by atoms with Gasteiger partial charge in [-0.1, -0.05) is 17.9 Å². The number of hydrogen-bond donors (Lipinski definition) is 1. The van der Waals surface area contributed by atoms with Crippen molar-refractivity contribution in [2.45, 2.75) is 19.4 Å². The van der Waals surface area contributed by atoms with Crippen molar-refractivity contribution in [2.75, 3.05) is 20.2 Å². The van der Waals surface area contributed by atoms with Gasteiger partial charge in [0.25, 0.3) is 0 Å². The lowest BCUT2D eigenvalue weighted by Gasteiger charge is -2.15. The van der Waals surface area contributed by atoms with Crippen LogP contribution in [0.1, 0.15) is 24.0 Å². The molecule has 0 fully saturated rings. The van der Waals surface area contributed by atoms with Gasteiger partial charge in [0.1, 0.15) is 5.82 Å². The van der Waals surface area contributed by atoms with Crippen LogP contribution in [0.25, 0.3) is 0 Å². The minimum atomic E-state index is -0.292. The highest BCUT2D eigenvalue weighted by atomic mass is 19.1. The van der Waals surface area contributed by atoms with Crippen molar-refractivity contribution in [1.82, 2.24) is 4.90 Å². The van der Waals surface area contributed by atoms with Crippen LogP contribution in [0.3, 0.4) is 0 Å². The summed E-state index contributed by atoms with van der Waals surface area (Å²) in [7, 11) is 1.85. The molecule has 19 heavy (non-hydrogen) atoms. The van der Waals surface area contributed by atoms with E-state index in [2.05, 4.69) is 17.9 Å². The molecule has 0 heterocycles. The molecule has 0 aromatic heterocycles. The van der Waals surface area contributed by atoms with Crippen LogP contribution in [0, 0.1) is 29.0 Å². The van der Waals surface area contributed by atoms with Crippen molar-refractivity contribution < 1.29 is 9.50 Å². The van der Waals surface area contributed by atoms with Gasteiger partial charge in [0.2, 0.25) is 0 Å². The summed E-state index contributed by atoms with van der Waals surface area (Å²) in [6.07, 6.45) is 0.823. The van der Waals surface area contributed by atoms with Crippen LogP contribution in [0.2, 0.25) is 0 Å². The summed E-state index contributed by atoms with van der Waals surface area (Å²) >= 11 is 0. The van der Waals surface area contributed by atoms with Crippen LogP contribution in [-0.2, 0) is 6.54 Å². The first-order chi connectivity index (χ1) is 9.17. The van der Waals surface area contributed by atoms with Crippen LogP contribution in [0.5, 0.6) is 0 Å². The van der Waals surface area contributed by atoms with E-state index in [1.807, 2.05) is 11.9 Å². The quantitative estimate of drug-likeness (QED) is 0.823. The Morgan fingerprint density at radius 1 is 1.37 bits per heavy atom. The highest BCUT2D eigenvalue weighted by Crippen LogP contribution is 2.12. The summed E-state index contributed by atoms with van der Waals surface area (Å²) in [6, 6.07) is 6.94. The number of nitriles is 1. The molecule has 0 amide bonds. The van der Waals surface area contributed by atoms with Crippen LogP contribution < -0.4 is 0 Å². The van der Waals surface area contributed by atoms with Crippen LogP contribution in [0.4, 0.5) is 4.39 Å². The maximum atomic E-state index is 13.8. The van der Waals surface area contributed by atoms with Gasteiger partial charge < -0.3 is 10.0 Å². The third-order valence-corrected chi connectivity index (χ3v) is 2.57. The van der Waals surface area contributed by atoms with Crippen molar-refractivity contribution in [3.05, 3.63) is 35.1 Å². The summed E-state index contributed by atoms with van der Waals surface area (Å²) in [5.74, 6) is 5.26. The molecular weight excluding hydrogens is 243 g/mol. The highest BCUT2D eigenvalue weighted by Gasteiger charge is 2.06. The molecule has 0 bridgehead atoms. The Labute approximate surface area is 113 Å². The predicted molar refractivity (Wildman–Crippen MR) is 71.5 cm³/mol. The highest BCUT2D eigenvalue weighted by molar-refractivity contribution is 5.37. The third-order valence-electron chi connectivity index (χ3n) is 2.57. The Kier molecular flexibility index (Phi) is 6.60. The lowest BCUT2D eigenvalue weighted by atomic mass is 10.1. The average molecular weight is 260 g/mol.